The lowest BCUT2D eigenvalue weighted by Gasteiger charge is -2.12. The predicted octanol–water partition coefficient (Wildman–Crippen LogP) is 2.95. The van der Waals surface area contributed by atoms with E-state index in [0.29, 0.717) is 17.1 Å². The van der Waals surface area contributed by atoms with E-state index in [2.05, 4.69) is 15.6 Å². The predicted molar refractivity (Wildman–Crippen MR) is 104 cm³/mol. The van der Waals surface area contributed by atoms with Crippen molar-refractivity contribution < 1.29 is 18.0 Å². The van der Waals surface area contributed by atoms with Crippen LogP contribution in [0, 0.1) is 5.92 Å². The monoisotopic (exact) mass is 409 g/mol. The summed E-state index contributed by atoms with van der Waals surface area (Å²) in [7, 11) is -3.91. The lowest BCUT2D eigenvalue weighted by Crippen LogP contribution is -2.44. The summed E-state index contributed by atoms with van der Waals surface area (Å²) in [5.74, 6) is -1.19. The van der Waals surface area contributed by atoms with Crippen molar-refractivity contribution in [1.29, 1.82) is 0 Å². The number of amides is 2. The molecule has 0 saturated carbocycles. The van der Waals surface area contributed by atoms with Crippen LogP contribution in [0.2, 0.25) is 5.02 Å². The molecular formula is C18H20ClN3O4S. The number of carbonyl (C=O) groups is 2. The van der Waals surface area contributed by atoms with E-state index in [4.69, 9.17) is 11.6 Å². The second kappa shape index (κ2) is 8.88. The molecule has 9 heteroatoms. The molecule has 3 N–H and O–H groups in total. The van der Waals surface area contributed by atoms with Crippen LogP contribution in [0.25, 0.3) is 0 Å². The number of sulfonamides is 1. The van der Waals surface area contributed by atoms with Gasteiger partial charge in [0.25, 0.3) is 15.9 Å². The average Bonchev–Trinajstić information content (AvgIpc) is 2.64. The number of hydrazine groups is 1. The highest BCUT2D eigenvalue weighted by Gasteiger charge is 2.17. The van der Waals surface area contributed by atoms with Gasteiger partial charge in [0.15, 0.2) is 0 Å². The Bertz CT molecular complexity index is 947. The van der Waals surface area contributed by atoms with Crippen molar-refractivity contribution in [3.05, 3.63) is 59.1 Å². The molecule has 0 aliphatic heterocycles. The van der Waals surface area contributed by atoms with E-state index in [1.165, 1.54) is 30.3 Å². The van der Waals surface area contributed by atoms with Gasteiger partial charge in [0.05, 0.1) is 10.6 Å². The minimum absolute atomic E-state index is 0.0911. The Labute approximate surface area is 163 Å². The third kappa shape index (κ3) is 5.70. The van der Waals surface area contributed by atoms with E-state index in [0.717, 1.165) is 0 Å². The van der Waals surface area contributed by atoms with Gasteiger partial charge < -0.3 is 0 Å². The maximum Gasteiger partial charge on any atom is 0.269 e. The minimum atomic E-state index is -3.91. The summed E-state index contributed by atoms with van der Waals surface area (Å²) < 4.78 is 27.5. The van der Waals surface area contributed by atoms with Gasteiger partial charge in [-0.05, 0) is 42.8 Å². The number of halogens is 1. The fourth-order valence-corrected chi connectivity index (χ4v) is 3.35. The van der Waals surface area contributed by atoms with Crippen LogP contribution in [0.15, 0.2) is 53.4 Å². The molecular weight excluding hydrogens is 390 g/mol. The molecule has 2 rings (SSSR count). The third-order valence-electron chi connectivity index (χ3n) is 3.84. The van der Waals surface area contributed by atoms with Crippen molar-refractivity contribution >= 4 is 39.1 Å². The van der Waals surface area contributed by atoms with Gasteiger partial charge in [-0.1, -0.05) is 37.6 Å². The standard InChI is InChI=1S/C18H20ClN3O4S/c1-3-12(2)17(23)20-21-18(24)13-6-4-9-16(10-13)27(25,26)22-15-8-5-7-14(19)11-15/h4-12,22H,3H2,1-2H3,(H,20,23)(H,21,24). The number of hydrogen-bond donors (Lipinski definition) is 3. The van der Waals surface area contributed by atoms with E-state index in [1.54, 1.807) is 25.1 Å². The van der Waals surface area contributed by atoms with Crippen LogP contribution in [0.1, 0.15) is 30.6 Å². The van der Waals surface area contributed by atoms with Crippen LogP contribution in [0.5, 0.6) is 0 Å². The highest BCUT2D eigenvalue weighted by atomic mass is 35.5. The molecule has 27 heavy (non-hydrogen) atoms. The SMILES string of the molecule is CCC(C)C(=O)NNC(=O)c1cccc(S(=O)(=O)Nc2cccc(Cl)c2)c1. The van der Waals surface area contributed by atoms with Crippen LogP contribution in [0.4, 0.5) is 5.69 Å². The number of rotatable bonds is 6. The average molecular weight is 410 g/mol. The van der Waals surface area contributed by atoms with Gasteiger partial charge >= 0.3 is 0 Å². The first-order chi connectivity index (χ1) is 12.7. The van der Waals surface area contributed by atoms with E-state index in [-0.39, 0.29) is 22.3 Å². The zero-order chi connectivity index (χ0) is 20.0. The molecule has 0 aromatic heterocycles. The Morgan fingerprint density at radius 3 is 2.44 bits per heavy atom. The lowest BCUT2D eigenvalue weighted by molar-refractivity contribution is -0.125. The Kier molecular flexibility index (Phi) is 6.81. The topological polar surface area (TPSA) is 104 Å². The smallest absolute Gasteiger partial charge is 0.269 e. The molecule has 144 valence electrons. The van der Waals surface area contributed by atoms with Crippen LogP contribution < -0.4 is 15.6 Å². The summed E-state index contributed by atoms with van der Waals surface area (Å²) in [5, 5.41) is 0.389. The maximum absolute atomic E-state index is 12.5. The molecule has 0 bridgehead atoms. The van der Waals surface area contributed by atoms with Crippen LogP contribution in [-0.2, 0) is 14.8 Å². The fraction of sp³-hybridized carbons (Fsp3) is 0.222. The molecule has 0 heterocycles. The van der Waals surface area contributed by atoms with Gasteiger partial charge in [-0.2, -0.15) is 0 Å². The van der Waals surface area contributed by atoms with Crippen molar-refractivity contribution in [3.63, 3.8) is 0 Å². The van der Waals surface area contributed by atoms with E-state index in [1.807, 2.05) is 6.92 Å². The van der Waals surface area contributed by atoms with Crippen LogP contribution >= 0.6 is 11.6 Å². The van der Waals surface area contributed by atoms with E-state index in [9.17, 15) is 18.0 Å². The third-order valence-corrected chi connectivity index (χ3v) is 5.46. The zero-order valence-corrected chi connectivity index (χ0v) is 16.4. The number of carbonyl (C=O) groups excluding carboxylic acids is 2. The summed E-state index contributed by atoms with van der Waals surface area (Å²) >= 11 is 5.86. The minimum Gasteiger partial charge on any atom is -0.280 e. The molecule has 0 spiro atoms. The molecule has 2 aromatic carbocycles. The molecule has 0 aliphatic carbocycles. The van der Waals surface area contributed by atoms with E-state index < -0.39 is 15.9 Å². The highest BCUT2D eigenvalue weighted by molar-refractivity contribution is 7.92. The first kappa shape index (κ1) is 20.7. The molecule has 0 fully saturated rings. The summed E-state index contributed by atoms with van der Waals surface area (Å²) in [6.07, 6.45) is 0.630. The van der Waals surface area contributed by atoms with E-state index >= 15 is 0 Å². The number of anilines is 1. The Hall–Kier alpha value is -2.58. The molecule has 0 radical (unpaired) electrons. The van der Waals surface area contributed by atoms with Crippen LogP contribution in [0.3, 0.4) is 0 Å². The van der Waals surface area contributed by atoms with Crippen molar-refractivity contribution in [1.82, 2.24) is 10.9 Å². The number of hydrogen-bond acceptors (Lipinski definition) is 4. The highest BCUT2D eigenvalue weighted by Crippen LogP contribution is 2.20. The maximum atomic E-state index is 12.5. The second-order valence-corrected chi connectivity index (χ2v) is 8.02. The van der Waals surface area contributed by atoms with Crippen molar-refractivity contribution in [2.24, 2.45) is 5.92 Å². The summed E-state index contributed by atoms with van der Waals surface area (Å²) in [6.45, 7) is 3.59. The summed E-state index contributed by atoms with van der Waals surface area (Å²) in [4.78, 5) is 23.8. The molecule has 1 unspecified atom stereocenters. The van der Waals surface area contributed by atoms with Gasteiger partial charge in [0.2, 0.25) is 5.91 Å². The van der Waals surface area contributed by atoms with Gasteiger partial charge in [0.1, 0.15) is 0 Å². The van der Waals surface area contributed by atoms with Crippen LogP contribution in [-0.4, -0.2) is 20.2 Å². The van der Waals surface area contributed by atoms with Gasteiger partial charge in [0, 0.05) is 16.5 Å². The number of nitrogens with one attached hydrogen (secondary N) is 3. The first-order valence-corrected chi connectivity index (χ1v) is 10.1. The summed E-state index contributed by atoms with van der Waals surface area (Å²) in [6, 6.07) is 11.7. The van der Waals surface area contributed by atoms with Gasteiger partial charge in [-0.25, -0.2) is 8.42 Å². The zero-order valence-electron chi connectivity index (χ0n) is 14.8. The molecule has 2 aromatic rings. The Morgan fingerprint density at radius 1 is 1.07 bits per heavy atom. The molecule has 0 aliphatic rings. The van der Waals surface area contributed by atoms with Crippen molar-refractivity contribution in [3.8, 4) is 0 Å². The largest absolute Gasteiger partial charge is 0.280 e. The number of benzene rings is 2. The molecule has 1 atom stereocenters. The Balaban J connectivity index is 2.14. The summed E-state index contributed by atoms with van der Waals surface area (Å²) in [5.41, 5.74) is 4.99. The van der Waals surface area contributed by atoms with Crippen molar-refractivity contribution in [2.45, 2.75) is 25.2 Å². The van der Waals surface area contributed by atoms with Gasteiger partial charge in [-0.15, -0.1) is 0 Å². The Morgan fingerprint density at radius 2 is 1.78 bits per heavy atom. The fourth-order valence-electron chi connectivity index (χ4n) is 2.07. The molecule has 2 amide bonds. The normalized spacial score (nSPS) is 12.1. The lowest BCUT2D eigenvalue weighted by atomic mass is 10.1. The molecule has 0 saturated heterocycles. The van der Waals surface area contributed by atoms with Gasteiger partial charge in [-0.3, -0.25) is 25.2 Å². The first-order valence-electron chi connectivity index (χ1n) is 8.21. The quantitative estimate of drug-likeness (QED) is 0.638. The second-order valence-electron chi connectivity index (χ2n) is 5.90. The molecule has 7 nitrogen and oxygen atoms in total. The van der Waals surface area contributed by atoms with Crippen molar-refractivity contribution in [2.75, 3.05) is 4.72 Å².